The third-order valence-corrected chi connectivity index (χ3v) is 3.61. The molecule has 1 aromatic carbocycles. The van der Waals surface area contributed by atoms with E-state index in [0.29, 0.717) is 26.2 Å². The van der Waals surface area contributed by atoms with Gasteiger partial charge in [0.25, 0.3) is 0 Å². The molecule has 0 aromatic heterocycles. The first-order valence-corrected chi connectivity index (χ1v) is 7.73. The van der Waals surface area contributed by atoms with Crippen LogP contribution >= 0.6 is 15.9 Å². The van der Waals surface area contributed by atoms with Crippen molar-refractivity contribution in [1.29, 1.82) is 0 Å². The van der Waals surface area contributed by atoms with Crippen LogP contribution in [0.15, 0.2) is 22.7 Å². The topological polar surface area (TPSA) is 61.5 Å². The second-order valence-corrected chi connectivity index (χ2v) is 5.28. The van der Waals surface area contributed by atoms with Gasteiger partial charge in [-0.05, 0) is 49.9 Å². The van der Waals surface area contributed by atoms with Gasteiger partial charge in [-0.1, -0.05) is 15.9 Å². The molecule has 20 heavy (non-hydrogen) atoms. The largest absolute Gasteiger partial charge is 0.494 e. The molecular weight excluding hydrogens is 322 g/mol. The van der Waals surface area contributed by atoms with Crippen LogP contribution in [-0.2, 0) is 16.1 Å². The van der Waals surface area contributed by atoms with Gasteiger partial charge >= 0.3 is 5.97 Å². The van der Waals surface area contributed by atoms with Crippen molar-refractivity contribution < 1.29 is 14.3 Å². The van der Waals surface area contributed by atoms with E-state index in [0.717, 1.165) is 35.0 Å². The molecule has 0 atom stereocenters. The van der Waals surface area contributed by atoms with Crippen molar-refractivity contribution in [2.75, 3.05) is 13.2 Å². The molecule has 112 valence electrons. The van der Waals surface area contributed by atoms with Crippen molar-refractivity contribution >= 4 is 21.9 Å². The Morgan fingerprint density at radius 2 is 2.10 bits per heavy atom. The third-order valence-electron chi connectivity index (χ3n) is 2.84. The molecule has 0 fully saturated rings. The van der Waals surface area contributed by atoms with E-state index in [4.69, 9.17) is 15.2 Å². The number of halogens is 1. The fourth-order valence-electron chi connectivity index (χ4n) is 1.77. The number of nitrogens with two attached hydrogens (primary N) is 1. The van der Waals surface area contributed by atoms with Crippen LogP contribution < -0.4 is 10.5 Å². The molecule has 0 saturated heterocycles. The monoisotopic (exact) mass is 343 g/mol. The van der Waals surface area contributed by atoms with Gasteiger partial charge in [0.1, 0.15) is 5.75 Å². The van der Waals surface area contributed by atoms with E-state index in [-0.39, 0.29) is 5.97 Å². The number of ether oxygens (including phenoxy) is 2. The fraction of sp³-hybridized carbons (Fsp3) is 0.533. The molecule has 0 saturated carbocycles. The van der Waals surface area contributed by atoms with E-state index >= 15 is 0 Å². The normalized spacial score (nSPS) is 10.3. The van der Waals surface area contributed by atoms with Gasteiger partial charge in [0.15, 0.2) is 0 Å². The quantitative estimate of drug-likeness (QED) is 0.551. The first-order chi connectivity index (χ1) is 9.67. The lowest BCUT2D eigenvalue weighted by atomic mass is 10.2. The standard InChI is InChI=1S/C15H22BrNO3/c1-2-19-15(18)6-4-3-5-9-20-13-7-8-14(16)12(10-13)11-17/h7-8,10H,2-6,9,11,17H2,1H3. The Bertz CT molecular complexity index is 424. The Balaban J connectivity index is 2.17. The lowest BCUT2D eigenvalue weighted by Gasteiger charge is -2.08. The summed E-state index contributed by atoms with van der Waals surface area (Å²) in [6, 6.07) is 5.81. The van der Waals surface area contributed by atoms with Gasteiger partial charge in [0, 0.05) is 17.4 Å². The molecule has 0 radical (unpaired) electrons. The van der Waals surface area contributed by atoms with Gasteiger partial charge < -0.3 is 15.2 Å². The highest BCUT2D eigenvalue weighted by molar-refractivity contribution is 9.10. The Labute approximate surface area is 128 Å². The lowest BCUT2D eigenvalue weighted by molar-refractivity contribution is -0.143. The van der Waals surface area contributed by atoms with Gasteiger partial charge in [-0.25, -0.2) is 0 Å². The van der Waals surface area contributed by atoms with Crippen LogP contribution in [0.25, 0.3) is 0 Å². The average molecular weight is 344 g/mol. The zero-order chi connectivity index (χ0) is 14.8. The lowest BCUT2D eigenvalue weighted by Crippen LogP contribution is -2.04. The summed E-state index contributed by atoms with van der Waals surface area (Å²) in [7, 11) is 0. The Kier molecular flexibility index (Phi) is 8.30. The minimum Gasteiger partial charge on any atom is -0.494 e. The maximum absolute atomic E-state index is 11.1. The smallest absolute Gasteiger partial charge is 0.305 e. The minimum atomic E-state index is -0.117. The van der Waals surface area contributed by atoms with E-state index < -0.39 is 0 Å². The molecule has 4 nitrogen and oxygen atoms in total. The highest BCUT2D eigenvalue weighted by Gasteiger charge is 2.02. The maximum Gasteiger partial charge on any atom is 0.305 e. The molecule has 0 aliphatic rings. The van der Waals surface area contributed by atoms with Crippen LogP contribution in [0.1, 0.15) is 38.2 Å². The van der Waals surface area contributed by atoms with Crippen molar-refractivity contribution in [2.45, 2.75) is 39.2 Å². The van der Waals surface area contributed by atoms with Crippen LogP contribution in [0, 0.1) is 0 Å². The van der Waals surface area contributed by atoms with Crippen molar-refractivity contribution in [1.82, 2.24) is 0 Å². The van der Waals surface area contributed by atoms with Gasteiger partial charge in [-0.15, -0.1) is 0 Å². The number of hydrogen-bond acceptors (Lipinski definition) is 4. The molecular formula is C15H22BrNO3. The van der Waals surface area contributed by atoms with Crippen LogP contribution in [0.4, 0.5) is 0 Å². The summed E-state index contributed by atoms with van der Waals surface area (Å²) >= 11 is 3.44. The zero-order valence-electron chi connectivity index (χ0n) is 11.9. The number of carbonyl (C=O) groups excluding carboxylic acids is 1. The first kappa shape index (κ1) is 17.0. The molecule has 0 aliphatic heterocycles. The number of unbranched alkanes of at least 4 members (excludes halogenated alkanes) is 2. The Morgan fingerprint density at radius 3 is 2.80 bits per heavy atom. The number of benzene rings is 1. The first-order valence-electron chi connectivity index (χ1n) is 6.94. The van der Waals surface area contributed by atoms with Crippen LogP contribution in [0.5, 0.6) is 5.75 Å². The molecule has 2 N–H and O–H groups in total. The predicted octanol–water partition coefficient (Wildman–Crippen LogP) is 3.41. The van der Waals surface area contributed by atoms with E-state index in [2.05, 4.69) is 15.9 Å². The number of rotatable bonds is 9. The molecule has 0 amide bonds. The highest BCUT2D eigenvalue weighted by atomic mass is 79.9. The van der Waals surface area contributed by atoms with Crippen molar-refractivity contribution in [2.24, 2.45) is 5.73 Å². The molecule has 5 heteroatoms. The molecule has 0 spiro atoms. The molecule has 1 aromatic rings. The average Bonchev–Trinajstić information content (AvgIpc) is 2.44. The van der Waals surface area contributed by atoms with Crippen LogP contribution in [0.3, 0.4) is 0 Å². The number of esters is 1. The maximum atomic E-state index is 11.1. The Morgan fingerprint density at radius 1 is 1.30 bits per heavy atom. The molecule has 1 rings (SSSR count). The molecule has 0 heterocycles. The second-order valence-electron chi connectivity index (χ2n) is 4.42. The van der Waals surface area contributed by atoms with Gasteiger partial charge in [-0.2, -0.15) is 0 Å². The summed E-state index contributed by atoms with van der Waals surface area (Å²) < 4.78 is 11.5. The van der Waals surface area contributed by atoms with E-state index in [1.807, 2.05) is 25.1 Å². The number of carbonyl (C=O) groups is 1. The molecule has 0 bridgehead atoms. The van der Waals surface area contributed by atoms with Crippen molar-refractivity contribution in [3.8, 4) is 5.75 Å². The van der Waals surface area contributed by atoms with E-state index in [1.54, 1.807) is 0 Å². The van der Waals surface area contributed by atoms with Crippen molar-refractivity contribution in [3.05, 3.63) is 28.2 Å². The molecule has 0 unspecified atom stereocenters. The number of hydrogen-bond donors (Lipinski definition) is 1. The summed E-state index contributed by atoms with van der Waals surface area (Å²) in [6.07, 6.45) is 3.21. The highest BCUT2D eigenvalue weighted by Crippen LogP contribution is 2.22. The van der Waals surface area contributed by atoms with E-state index in [9.17, 15) is 4.79 Å². The molecule has 0 aliphatic carbocycles. The fourth-order valence-corrected chi connectivity index (χ4v) is 2.18. The van der Waals surface area contributed by atoms with Gasteiger partial charge in [0.2, 0.25) is 0 Å². The minimum absolute atomic E-state index is 0.117. The second kappa shape index (κ2) is 9.77. The van der Waals surface area contributed by atoms with Gasteiger partial charge in [-0.3, -0.25) is 4.79 Å². The summed E-state index contributed by atoms with van der Waals surface area (Å²) in [5.74, 6) is 0.716. The van der Waals surface area contributed by atoms with Crippen molar-refractivity contribution in [3.63, 3.8) is 0 Å². The summed E-state index contributed by atoms with van der Waals surface area (Å²) in [4.78, 5) is 11.1. The SMILES string of the molecule is CCOC(=O)CCCCCOc1ccc(Br)c(CN)c1. The van der Waals surface area contributed by atoms with Crippen LogP contribution in [-0.4, -0.2) is 19.2 Å². The van der Waals surface area contributed by atoms with Gasteiger partial charge in [0.05, 0.1) is 13.2 Å². The summed E-state index contributed by atoms with van der Waals surface area (Å²) in [6.45, 7) is 3.40. The predicted molar refractivity (Wildman–Crippen MR) is 82.6 cm³/mol. The zero-order valence-corrected chi connectivity index (χ0v) is 13.4. The van der Waals surface area contributed by atoms with E-state index in [1.165, 1.54) is 0 Å². The third kappa shape index (κ3) is 6.39. The summed E-state index contributed by atoms with van der Waals surface area (Å²) in [5.41, 5.74) is 6.67. The van der Waals surface area contributed by atoms with Crippen LogP contribution in [0.2, 0.25) is 0 Å². The summed E-state index contributed by atoms with van der Waals surface area (Å²) in [5, 5.41) is 0. The Hall–Kier alpha value is -1.07.